The second kappa shape index (κ2) is 13.9. The zero-order chi connectivity index (χ0) is 34.7. The van der Waals surface area contributed by atoms with Crippen LogP contribution < -0.4 is 16.0 Å². The number of hydrogen-bond donors (Lipinski definition) is 3. The van der Waals surface area contributed by atoms with Gasteiger partial charge < -0.3 is 30.3 Å². The number of hydrogen-bond acceptors (Lipinski definition) is 8. The minimum absolute atomic E-state index is 0.0535. The number of Topliss-reactive ketones (excluding diaryl/α,β-unsaturated/α-hetero) is 1. The molecule has 2 rings (SSSR count). The maximum absolute atomic E-state index is 14.0. The van der Waals surface area contributed by atoms with Gasteiger partial charge in [0.15, 0.2) is 0 Å². The number of rotatable bonds is 12. The molecule has 0 bridgehead atoms. The number of allylic oxidation sites excluding steroid dienone is 1. The molecule has 12 heteroatoms. The summed E-state index contributed by atoms with van der Waals surface area (Å²) in [4.78, 5) is 80.1. The third kappa shape index (κ3) is 10.3. The Morgan fingerprint density at radius 1 is 0.933 bits per heavy atom. The molecule has 2 aliphatic rings. The highest BCUT2D eigenvalue weighted by molar-refractivity contribution is 6.38. The molecule has 12 nitrogen and oxygen atoms in total. The van der Waals surface area contributed by atoms with Crippen molar-refractivity contribution >= 4 is 35.6 Å². The fraction of sp³-hybridized carbons (Fsp3) is 0.758. The summed E-state index contributed by atoms with van der Waals surface area (Å²) >= 11 is 0. The minimum Gasteiger partial charge on any atom is -0.460 e. The van der Waals surface area contributed by atoms with Gasteiger partial charge in [0, 0.05) is 13.1 Å². The van der Waals surface area contributed by atoms with Crippen molar-refractivity contribution < 1.29 is 38.2 Å². The number of nitrogens with one attached hydrogen (secondary N) is 3. The molecule has 254 valence electrons. The fourth-order valence-electron chi connectivity index (χ4n) is 5.78. The third-order valence-electron chi connectivity index (χ3n) is 8.09. The molecule has 4 amide bonds. The van der Waals surface area contributed by atoms with E-state index in [-0.39, 0.29) is 36.6 Å². The van der Waals surface area contributed by atoms with Gasteiger partial charge in [-0.1, -0.05) is 40.7 Å². The van der Waals surface area contributed by atoms with Crippen molar-refractivity contribution in [3.8, 4) is 0 Å². The fourth-order valence-corrected chi connectivity index (χ4v) is 5.78. The zero-order valence-corrected chi connectivity index (χ0v) is 28.9. The van der Waals surface area contributed by atoms with Crippen LogP contribution in [0.2, 0.25) is 0 Å². The van der Waals surface area contributed by atoms with Crippen molar-refractivity contribution in [1.29, 1.82) is 0 Å². The topological polar surface area (TPSA) is 160 Å². The lowest BCUT2D eigenvalue weighted by Gasteiger charge is -2.38. The number of esters is 1. The van der Waals surface area contributed by atoms with Crippen LogP contribution in [0.5, 0.6) is 0 Å². The first-order valence-corrected chi connectivity index (χ1v) is 15.7. The van der Waals surface area contributed by atoms with Gasteiger partial charge >= 0.3 is 12.1 Å². The van der Waals surface area contributed by atoms with Crippen molar-refractivity contribution in [2.24, 2.45) is 22.7 Å². The molecule has 2 fully saturated rings. The molecule has 3 N–H and O–H groups in total. The Balaban J connectivity index is 2.23. The van der Waals surface area contributed by atoms with Crippen LogP contribution >= 0.6 is 0 Å². The number of carbonyl (C=O) groups is 6. The van der Waals surface area contributed by atoms with Crippen LogP contribution in [0.3, 0.4) is 0 Å². The van der Waals surface area contributed by atoms with Crippen molar-refractivity contribution in [3.05, 3.63) is 12.7 Å². The predicted molar refractivity (Wildman–Crippen MR) is 169 cm³/mol. The third-order valence-corrected chi connectivity index (χ3v) is 8.09. The molecule has 0 aromatic carbocycles. The highest BCUT2D eigenvalue weighted by Crippen LogP contribution is 2.65. The SMILES string of the molecule is C=CCC[C@H](NC(=O)[C@@H]1[C@@H]2[C@H](CN1C(=O)[C@@H](NC(=O)OC(C)(C)C)C(C)(C)C)C2(C)C)C(=O)C(=O)NCCC(=O)OC(C)(C)C. The molecule has 5 atom stereocenters. The number of alkyl carbamates (subject to hydrolysis) is 1. The van der Waals surface area contributed by atoms with Gasteiger partial charge in [0.2, 0.25) is 17.6 Å². The smallest absolute Gasteiger partial charge is 0.408 e. The molecule has 0 aromatic rings. The van der Waals surface area contributed by atoms with E-state index in [1.807, 2.05) is 34.6 Å². The summed E-state index contributed by atoms with van der Waals surface area (Å²) in [5, 5.41) is 7.88. The summed E-state index contributed by atoms with van der Waals surface area (Å²) in [6.45, 7) is 23.7. The molecule has 1 heterocycles. The van der Waals surface area contributed by atoms with Gasteiger partial charge in [-0.2, -0.15) is 0 Å². The van der Waals surface area contributed by atoms with Crippen molar-refractivity contribution in [2.45, 2.75) is 125 Å². The highest BCUT2D eigenvalue weighted by atomic mass is 16.6. The molecule has 0 spiro atoms. The van der Waals surface area contributed by atoms with Crippen LogP contribution in [0.25, 0.3) is 0 Å². The molecule has 0 radical (unpaired) electrons. The summed E-state index contributed by atoms with van der Waals surface area (Å²) in [5.74, 6) is -3.41. The molecule has 0 unspecified atom stereocenters. The summed E-state index contributed by atoms with van der Waals surface area (Å²) in [5.41, 5.74) is -2.38. The predicted octanol–water partition coefficient (Wildman–Crippen LogP) is 3.28. The quantitative estimate of drug-likeness (QED) is 0.168. The van der Waals surface area contributed by atoms with E-state index in [0.717, 1.165) is 0 Å². The first kappa shape index (κ1) is 37.7. The zero-order valence-electron chi connectivity index (χ0n) is 28.9. The molecule has 1 saturated carbocycles. The Kier molecular flexibility index (Phi) is 11.7. The first-order chi connectivity index (χ1) is 20.4. The molecule has 1 aliphatic carbocycles. The van der Waals surface area contributed by atoms with Crippen molar-refractivity contribution in [3.63, 3.8) is 0 Å². The van der Waals surface area contributed by atoms with Crippen molar-refractivity contribution in [2.75, 3.05) is 13.1 Å². The van der Waals surface area contributed by atoms with E-state index in [0.29, 0.717) is 13.0 Å². The summed E-state index contributed by atoms with van der Waals surface area (Å²) in [6, 6.07) is -3.07. The van der Waals surface area contributed by atoms with Gasteiger partial charge in [0.1, 0.15) is 23.3 Å². The number of piperidine rings is 1. The second-order valence-electron chi connectivity index (χ2n) is 15.7. The Hall–Kier alpha value is -3.44. The molecular weight excluding hydrogens is 580 g/mol. The normalized spacial score (nSPS) is 21.8. The van der Waals surface area contributed by atoms with E-state index in [9.17, 15) is 28.8 Å². The molecule has 0 aromatic heterocycles. The van der Waals surface area contributed by atoms with Crippen LogP contribution in [0, 0.1) is 22.7 Å². The van der Waals surface area contributed by atoms with Crippen LogP contribution in [0.4, 0.5) is 4.79 Å². The molecular formula is C33H54N4O8. The Morgan fingerprint density at radius 2 is 1.51 bits per heavy atom. The van der Waals surface area contributed by atoms with E-state index >= 15 is 0 Å². The lowest BCUT2D eigenvalue weighted by Crippen LogP contribution is -2.60. The van der Waals surface area contributed by atoms with Gasteiger partial charge in [-0.25, -0.2) is 4.79 Å². The number of ether oxygens (including phenoxy) is 2. The average molecular weight is 635 g/mol. The summed E-state index contributed by atoms with van der Waals surface area (Å²) < 4.78 is 10.6. The first-order valence-electron chi connectivity index (χ1n) is 15.7. The van der Waals surface area contributed by atoms with E-state index in [1.165, 1.54) is 4.90 Å². The maximum Gasteiger partial charge on any atom is 0.408 e. The molecule has 1 saturated heterocycles. The lowest BCUT2D eigenvalue weighted by atomic mass is 9.85. The Morgan fingerprint density at radius 3 is 2.02 bits per heavy atom. The Bertz CT molecular complexity index is 1170. The van der Waals surface area contributed by atoms with E-state index < -0.39 is 70.3 Å². The highest BCUT2D eigenvalue weighted by Gasteiger charge is 2.70. The number of nitrogens with zero attached hydrogens (tertiary/aromatic N) is 1. The molecule has 45 heavy (non-hydrogen) atoms. The van der Waals surface area contributed by atoms with Gasteiger partial charge in [0.25, 0.3) is 5.91 Å². The second-order valence-corrected chi connectivity index (χ2v) is 15.7. The number of likely N-dealkylation sites (tertiary alicyclic amines) is 1. The van der Waals surface area contributed by atoms with Gasteiger partial charge in [-0.3, -0.25) is 24.0 Å². The molecule has 1 aliphatic heterocycles. The minimum atomic E-state index is -1.17. The number of carbonyl (C=O) groups excluding carboxylic acids is 6. The largest absolute Gasteiger partial charge is 0.460 e. The summed E-state index contributed by atoms with van der Waals surface area (Å²) in [6.07, 6.45) is 1.18. The van der Waals surface area contributed by atoms with Crippen LogP contribution in [-0.4, -0.2) is 82.9 Å². The van der Waals surface area contributed by atoms with E-state index in [1.54, 1.807) is 47.6 Å². The van der Waals surface area contributed by atoms with Crippen molar-refractivity contribution in [1.82, 2.24) is 20.9 Å². The van der Waals surface area contributed by atoms with Crippen LogP contribution in [-0.2, 0) is 33.4 Å². The Labute approximate surface area is 267 Å². The standard InChI is InChI=1S/C33H54N4O8/c1-13-14-15-20(24(39)27(41)34-17-16-21(38)44-31(5,6)7)35-26(40)23-22-19(33(22,11)12)18-37(23)28(42)25(30(2,3)4)36-29(43)45-32(8,9)10/h13,19-20,22-23,25H,1,14-18H2,2-12H3,(H,34,41)(H,35,40)(H,36,43)/t19-,20-,22-,23-,25+/m0/s1. The van der Waals surface area contributed by atoms with Gasteiger partial charge in [-0.15, -0.1) is 6.58 Å². The number of ketones is 1. The van der Waals surface area contributed by atoms with E-state index in [4.69, 9.17) is 9.47 Å². The average Bonchev–Trinajstić information content (AvgIpc) is 3.19. The van der Waals surface area contributed by atoms with Crippen LogP contribution in [0.15, 0.2) is 12.7 Å². The number of amides is 4. The van der Waals surface area contributed by atoms with Crippen LogP contribution in [0.1, 0.15) is 95.4 Å². The number of fused-ring (bicyclic) bond motifs is 1. The van der Waals surface area contributed by atoms with Gasteiger partial charge in [0.05, 0.1) is 12.5 Å². The van der Waals surface area contributed by atoms with E-state index in [2.05, 4.69) is 22.5 Å². The maximum atomic E-state index is 14.0. The lowest BCUT2D eigenvalue weighted by molar-refractivity contribution is -0.154. The monoisotopic (exact) mass is 634 g/mol. The van der Waals surface area contributed by atoms with Gasteiger partial charge in [-0.05, 0) is 77.0 Å². The summed E-state index contributed by atoms with van der Waals surface area (Å²) in [7, 11) is 0.